The van der Waals surface area contributed by atoms with Gasteiger partial charge in [-0.05, 0) is 6.42 Å². The van der Waals surface area contributed by atoms with E-state index in [2.05, 4.69) is 4.74 Å². The van der Waals surface area contributed by atoms with Gasteiger partial charge in [0.05, 0.1) is 13.5 Å². The van der Waals surface area contributed by atoms with Crippen LogP contribution in [0.3, 0.4) is 0 Å². The van der Waals surface area contributed by atoms with Crippen LogP contribution in [-0.4, -0.2) is 24.7 Å². The molecule has 0 saturated heterocycles. The molecular formula is C9H15ClO3. The number of methoxy groups -OCH3 is 1. The van der Waals surface area contributed by atoms with E-state index >= 15 is 0 Å². The molecule has 0 amide bonds. The summed E-state index contributed by atoms with van der Waals surface area (Å²) in [5, 5.41) is 0. The van der Waals surface area contributed by atoms with Crippen molar-refractivity contribution in [3.8, 4) is 0 Å². The van der Waals surface area contributed by atoms with Gasteiger partial charge in [-0.25, -0.2) is 0 Å². The van der Waals surface area contributed by atoms with E-state index in [1.807, 2.05) is 6.92 Å². The number of Topliss-reactive ketones (excluding diaryl/α,β-unsaturated/α-hetero) is 1. The maximum absolute atomic E-state index is 11.3. The lowest BCUT2D eigenvalue weighted by molar-refractivity contribution is -0.143. The van der Waals surface area contributed by atoms with Gasteiger partial charge in [0.25, 0.3) is 0 Å². The molecule has 0 heterocycles. The van der Waals surface area contributed by atoms with E-state index < -0.39 is 0 Å². The van der Waals surface area contributed by atoms with Gasteiger partial charge in [0.15, 0.2) is 0 Å². The van der Waals surface area contributed by atoms with Crippen molar-refractivity contribution in [1.82, 2.24) is 0 Å². The average Bonchev–Trinajstić information content (AvgIpc) is 2.14. The third kappa shape index (κ3) is 4.88. The number of ketones is 1. The SMILES string of the molecule is CC[C@H](CC(=O)OC)C(=O)CCCl. The molecule has 0 unspecified atom stereocenters. The number of halogens is 1. The molecule has 0 saturated carbocycles. The van der Waals surface area contributed by atoms with Crippen LogP contribution in [0.15, 0.2) is 0 Å². The fourth-order valence-corrected chi connectivity index (χ4v) is 1.25. The molecule has 1 atom stereocenters. The minimum atomic E-state index is -0.338. The second-order valence-corrected chi connectivity index (χ2v) is 3.17. The number of esters is 1. The summed E-state index contributed by atoms with van der Waals surface area (Å²) in [5.74, 6) is -0.208. The maximum atomic E-state index is 11.3. The highest BCUT2D eigenvalue weighted by Crippen LogP contribution is 2.12. The molecule has 0 aliphatic carbocycles. The summed E-state index contributed by atoms with van der Waals surface area (Å²) in [4.78, 5) is 22.2. The van der Waals surface area contributed by atoms with Gasteiger partial charge in [-0.2, -0.15) is 0 Å². The first kappa shape index (κ1) is 12.4. The monoisotopic (exact) mass is 206 g/mol. The number of ether oxygens (including phenoxy) is 1. The second kappa shape index (κ2) is 6.89. The Hall–Kier alpha value is -0.570. The lowest BCUT2D eigenvalue weighted by Gasteiger charge is -2.10. The van der Waals surface area contributed by atoms with Crippen LogP contribution in [0.5, 0.6) is 0 Å². The van der Waals surface area contributed by atoms with E-state index in [9.17, 15) is 9.59 Å². The lowest BCUT2D eigenvalue weighted by atomic mass is 9.96. The summed E-state index contributed by atoms with van der Waals surface area (Å²) < 4.78 is 4.49. The summed E-state index contributed by atoms with van der Waals surface area (Å²) in [6.07, 6.45) is 1.16. The van der Waals surface area contributed by atoms with E-state index in [0.29, 0.717) is 18.7 Å². The Morgan fingerprint density at radius 3 is 2.46 bits per heavy atom. The molecule has 0 aromatic rings. The minimum absolute atomic E-state index is 0.0444. The quantitative estimate of drug-likeness (QED) is 0.492. The van der Waals surface area contributed by atoms with E-state index in [1.165, 1.54) is 7.11 Å². The van der Waals surface area contributed by atoms with E-state index in [0.717, 1.165) is 0 Å². The van der Waals surface area contributed by atoms with Crippen LogP contribution in [0.2, 0.25) is 0 Å². The Balaban J connectivity index is 4.01. The smallest absolute Gasteiger partial charge is 0.306 e. The summed E-state index contributed by atoms with van der Waals surface area (Å²) in [6.45, 7) is 1.87. The standard InChI is InChI=1S/C9H15ClO3/c1-3-7(6-9(12)13-2)8(11)4-5-10/h7H,3-6H2,1-2H3/t7-/m1/s1. The Kier molecular flexibility index (Phi) is 6.59. The van der Waals surface area contributed by atoms with E-state index in [-0.39, 0.29) is 24.1 Å². The maximum Gasteiger partial charge on any atom is 0.306 e. The fourth-order valence-electron chi connectivity index (χ4n) is 1.07. The van der Waals surface area contributed by atoms with Crippen molar-refractivity contribution < 1.29 is 14.3 Å². The van der Waals surface area contributed by atoms with Gasteiger partial charge in [0.2, 0.25) is 0 Å². The fraction of sp³-hybridized carbons (Fsp3) is 0.778. The van der Waals surface area contributed by atoms with Crippen molar-refractivity contribution in [3.05, 3.63) is 0 Å². The Labute approximate surface area is 83.4 Å². The summed E-state index contributed by atoms with van der Waals surface area (Å²) in [5.41, 5.74) is 0. The molecule has 0 aromatic heterocycles. The van der Waals surface area contributed by atoms with Crippen LogP contribution in [0.4, 0.5) is 0 Å². The van der Waals surface area contributed by atoms with Crippen molar-refractivity contribution in [2.75, 3.05) is 13.0 Å². The molecule has 4 heteroatoms. The van der Waals surface area contributed by atoms with Crippen LogP contribution >= 0.6 is 11.6 Å². The number of carbonyl (C=O) groups excluding carboxylic acids is 2. The summed E-state index contributed by atoms with van der Waals surface area (Å²) >= 11 is 5.43. The number of alkyl halides is 1. The van der Waals surface area contributed by atoms with Crippen LogP contribution in [0, 0.1) is 5.92 Å². The Morgan fingerprint density at radius 2 is 2.08 bits per heavy atom. The summed E-state index contributed by atoms with van der Waals surface area (Å²) in [6, 6.07) is 0. The first-order valence-electron chi connectivity index (χ1n) is 4.31. The minimum Gasteiger partial charge on any atom is -0.469 e. The Bertz CT molecular complexity index is 180. The molecular weight excluding hydrogens is 192 g/mol. The lowest BCUT2D eigenvalue weighted by Crippen LogP contribution is -2.18. The molecule has 0 N–H and O–H groups in total. The third-order valence-electron chi connectivity index (χ3n) is 1.93. The first-order valence-corrected chi connectivity index (χ1v) is 4.84. The van der Waals surface area contributed by atoms with Gasteiger partial charge in [-0.1, -0.05) is 6.92 Å². The van der Waals surface area contributed by atoms with Crippen LogP contribution in [-0.2, 0) is 14.3 Å². The zero-order valence-corrected chi connectivity index (χ0v) is 8.76. The number of carbonyl (C=O) groups is 2. The zero-order valence-electron chi connectivity index (χ0n) is 8.01. The van der Waals surface area contributed by atoms with Gasteiger partial charge >= 0.3 is 5.97 Å². The predicted octanol–water partition coefficient (Wildman–Crippen LogP) is 1.77. The highest BCUT2D eigenvalue weighted by atomic mass is 35.5. The van der Waals surface area contributed by atoms with Crippen LogP contribution in [0.1, 0.15) is 26.2 Å². The van der Waals surface area contributed by atoms with Crippen molar-refractivity contribution in [2.24, 2.45) is 5.92 Å². The van der Waals surface area contributed by atoms with Crippen LogP contribution < -0.4 is 0 Å². The molecule has 13 heavy (non-hydrogen) atoms. The number of rotatable bonds is 6. The van der Waals surface area contributed by atoms with Gasteiger partial charge in [0, 0.05) is 18.2 Å². The molecule has 0 bridgehead atoms. The first-order chi connectivity index (χ1) is 6.15. The van der Waals surface area contributed by atoms with Crippen molar-refractivity contribution in [3.63, 3.8) is 0 Å². The van der Waals surface area contributed by atoms with E-state index in [4.69, 9.17) is 11.6 Å². The number of hydrogen-bond donors (Lipinski definition) is 0. The molecule has 0 aromatic carbocycles. The van der Waals surface area contributed by atoms with E-state index in [1.54, 1.807) is 0 Å². The van der Waals surface area contributed by atoms with Crippen molar-refractivity contribution >= 4 is 23.4 Å². The van der Waals surface area contributed by atoms with Gasteiger partial charge in [0.1, 0.15) is 5.78 Å². The topological polar surface area (TPSA) is 43.4 Å². The average molecular weight is 207 g/mol. The second-order valence-electron chi connectivity index (χ2n) is 2.79. The van der Waals surface area contributed by atoms with Crippen molar-refractivity contribution in [1.29, 1.82) is 0 Å². The Morgan fingerprint density at radius 1 is 1.46 bits per heavy atom. The molecule has 0 aliphatic heterocycles. The summed E-state index contributed by atoms with van der Waals surface area (Å²) in [7, 11) is 1.32. The molecule has 0 fully saturated rings. The van der Waals surface area contributed by atoms with Crippen LogP contribution in [0.25, 0.3) is 0 Å². The zero-order chi connectivity index (χ0) is 10.3. The third-order valence-corrected chi connectivity index (χ3v) is 2.12. The normalized spacial score (nSPS) is 12.2. The van der Waals surface area contributed by atoms with Gasteiger partial charge in [-0.3, -0.25) is 9.59 Å². The van der Waals surface area contributed by atoms with Crippen molar-refractivity contribution in [2.45, 2.75) is 26.2 Å². The molecule has 0 rings (SSSR count). The predicted molar refractivity (Wildman–Crippen MR) is 50.8 cm³/mol. The molecule has 0 aliphatic rings. The highest BCUT2D eigenvalue weighted by Gasteiger charge is 2.19. The van der Waals surface area contributed by atoms with Gasteiger partial charge < -0.3 is 4.74 Å². The van der Waals surface area contributed by atoms with Gasteiger partial charge in [-0.15, -0.1) is 11.6 Å². The largest absolute Gasteiger partial charge is 0.469 e. The number of hydrogen-bond acceptors (Lipinski definition) is 3. The molecule has 76 valence electrons. The molecule has 0 radical (unpaired) electrons. The highest BCUT2D eigenvalue weighted by molar-refractivity contribution is 6.19. The molecule has 0 spiro atoms. The molecule has 3 nitrogen and oxygen atoms in total.